The number of hydrogen-bond acceptors (Lipinski definition) is 1. The average Bonchev–Trinajstić information content (AvgIpc) is 3.12. The molecule has 0 aromatic heterocycles. The molecule has 0 saturated heterocycles. The predicted octanol–water partition coefficient (Wildman–Crippen LogP) is 12.6. The smallest absolute Gasteiger partial charge is 0.0540 e. The van der Waals surface area contributed by atoms with E-state index in [1.807, 2.05) is 0 Å². The van der Waals surface area contributed by atoms with Gasteiger partial charge in [0.25, 0.3) is 0 Å². The van der Waals surface area contributed by atoms with Crippen LogP contribution in [0.2, 0.25) is 0 Å². The quantitative estimate of drug-likeness (QED) is 0.190. The maximum atomic E-state index is 2.41. The van der Waals surface area contributed by atoms with Crippen LogP contribution in [0.25, 0.3) is 65.0 Å². The lowest BCUT2D eigenvalue weighted by Crippen LogP contribution is -2.10. The Morgan fingerprint density at radius 2 is 0.778 bits per heavy atom. The highest BCUT2D eigenvalue weighted by molar-refractivity contribution is 6.25. The van der Waals surface area contributed by atoms with Crippen molar-refractivity contribution in [3.8, 4) is 11.1 Å². The molecule has 1 nitrogen and oxygen atoms in total. The van der Waals surface area contributed by atoms with Crippen molar-refractivity contribution in [2.45, 2.75) is 0 Å². The van der Waals surface area contributed by atoms with Crippen molar-refractivity contribution < 1.29 is 0 Å². The molecule has 0 fully saturated rings. The van der Waals surface area contributed by atoms with Crippen molar-refractivity contribution in [1.82, 2.24) is 0 Å². The summed E-state index contributed by atoms with van der Waals surface area (Å²) in [4.78, 5) is 2.41. The predicted molar refractivity (Wildman–Crippen MR) is 194 cm³/mol. The Bertz CT molecular complexity index is 2500. The zero-order chi connectivity index (χ0) is 29.7. The molecule has 9 rings (SSSR count). The lowest BCUT2D eigenvalue weighted by atomic mass is 9.94. The van der Waals surface area contributed by atoms with Gasteiger partial charge in [-0.15, -0.1) is 0 Å². The van der Waals surface area contributed by atoms with E-state index in [1.165, 1.54) is 65.0 Å². The molecular weight excluding hydrogens is 542 g/mol. The molecule has 0 N–H and O–H groups in total. The van der Waals surface area contributed by atoms with Crippen molar-refractivity contribution >= 4 is 70.9 Å². The topological polar surface area (TPSA) is 3.24 Å². The van der Waals surface area contributed by atoms with Gasteiger partial charge in [-0.05, 0) is 96.0 Å². The molecule has 9 aromatic rings. The second-order valence-electron chi connectivity index (χ2n) is 11.8. The van der Waals surface area contributed by atoms with Gasteiger partial charge in [0.2, 0.25) is 0 Å². The van der Waals surface area contributed by atoms with Gasteiger partial charge >= 0.3 is 0 Å². The number of rotatable bonds is 4. The van der Waals surface area contributed by atoms with Gasteiger partial charge in [0, 0.05) is 16.8 Å². The van der Waals surface area contributed by atoms with Crippen LogP contribution in [-0.2, 0) is 0 Å². The van der Waals surface area contributed by atoms with E-state index in [9.17, 15) is 0 Å². The maximum Gasteiger partial charge on any atom is 0.0540 e. The molecule has 0 bridgehead atoms. The van der Waals surface area contributed by atoms with Crippen molar-refractivity contribution in [2.24, 2.45) is 0 Å². The lowest BCUT2D eigenvalue weighted by Gasteiger charge is -2.27. The van der Waals surface area contributed by atoms with E-state index >= 15 is 0 Å². The second kappa shape index (κ2) is 10.4. The lowest BCUT2D eigenvalue weighted by molar-refractivity contribution is 1.30. The molecular formula is C44H29N. The summed E-state index contributed by atoms with van der Waals surface area (Å²) in [5.74, 6) is 0. The van der Waals surface area contributed by atoms with Crippen LogP contribution in [0.1, 0.15) is 0 Å². The number of fused-ring (bicyclic) bond motifs is 8. The largest absolute Gasteiger partial charge is 0.310 e. The van der Waals surface area contributed by atoms with E-state index in [0.717, 1.165) is 17.1 Å². The van der Waals surface area contributed by atoms with Crippen molar-refractivity contribution in [3.63, 3.8) is 0 Å². The monoisotopic (exact) mass is 571 g/mol. The molecule has 45 heavy (non-hydrogen) atoms. The molecule has 0 aliphatic heterocycles. The molecule has 9 aromatic carbocycles. The Hall–Kier alpha value is -5.92. The van der Waals surface area contributed by atoms with Crippen molar-refractivity contribution in [1.29, 1.82) is 0 Å². The van der Waals surface area contributed by atoms with E-state index in [2.05, 4.69) is 181 Å². The molecule has 0 aliphatic carbocycles. The van der Waals surface area contributed by atoms with E-state index in [4.69, 9.17) is 0 Å². The fourth-order valence-electron chi connectivity index (χ4n) is 7.04. The van der Waals surface area contributed by atoms with Crippen molar-refractivity contribution in [3.05, 3.63) is 176 Å². The highest BCUT2D eigenvalue weighted by Gasteiger charge is 2.17. The normalized spacial score (nSPS) is 11.6. The number of nitrogens with zero attached hydrogens (tertiary/aromatic N) is 1. The molecule has 0 radical (unpaired) electrons. The van der Waals surface area contributed by atoms with Crippen LogP contribution in [-0.4, -0.2) is 0 Å². The first-order valence-corrected chi connectivity index (χ1v) is 15.5. The van der Waals surface area contributed by atoms with Crippen LogP contribution in [0.3, 0.4) is 0 Å². The number of hydrogen-bond donors (Lipinski definition) is 0. The standard InChI is InChI=1S/C44H29N/c1-2-12-33-28-34(21-20-30(33)10-1)31-22-24-35(25-23-31)45(44-19-9-13-32-11-3-4-14-37(32)44)36-26-27-42-40-17-6-5-15-38(40)39-16-7-8-18-41(39)43(42)29-36/h1-29H. The van der Waals surface area contributed by atoms with Gasteiger partial charge in [-0.3, -0.25) is 0 Å². The summed E-state index contributed by atoms with van der Waals surface area (Å²) in [5, 5.41) is 12.7. The summed E-state index contributed by atoms with van der Waals surface area (Å²) >= 11 is 0. The maximum absolute atomic E-state index is 2.41. The zero-order valence-corrected chi connectivity index (χ0v) is 24.7. The summed E-state index contributed by atoms with van der Waals surface area (Å²) in [6, 6.07) is 64.1. The van der Waals surface area contributed by atoms with Gasteiger partial charge in [0.15, 0.2) is 0 Å². The van der Waals surface area contributed by atoms with Gasteiger partial charge < -0.3 is 4.90 Å². The highest BCUT2D eigenvalue weighted by atomic mass is 15.1. The number of benzene rings is 9. The first-order valence-electron chi connectivity index (χ1n) is 15.5. The molecule has 0 heterocycles. The van der Waals surface area contributed by atoms with E-state index < -0.39 is 0 Å². The highest BCUT2D eigenvalue weighted by Crippen LogP contribution is 2.43. The summed E-state index contributed by atoms with van der Waals surface area (Å²) in [6.45, 7) is 0. The fourth-order valence-corrected chi connectivity index (χ4v) is 7.04. The van der Waals surface area contributed by atoms with Gasteiger partial charge in [0.05, 0.1) is 5.69 Å². The Morgan fingerprint density at radius 3 is 1.49 bits per heavy atom. The number of anilines is 3. The minimum Gasteiger partial charge on any atom is -0.310 e. The van der Waals surface area contributed by atoms with Crippen LogP contribution in [0.5, 0.6) is 0 Å². The molecule has 1 heteroatoms. The van der Waals surface area contributed by atoms with Crippen molar-refractivity contribution in [2.75, 3.05) is 4.90 Å². The minimum atomic E-state index is 1.13. The van der Waals surface area contributed by atoms with Gasteiger partial charge in [-0.25, -0.2) is 0 Å². The van der Waals surface area contributed by atoms with E-state index in [1.54, 1.807) is 0 Å². The average molecular weight is 572 g/mol. The van der Waals surface area contributed by atoms with Crippen LogP contribution in [0, 0.1) is 0 Å². The van der Waals surface area contributed by atoms with E-state index in [-0.39, 0.29) is 0 Å². The Morgan fingerprint density at radius 1 is 0.267 bits per heavy atom. The van der Waals surface area contributed by atoms with Crippen LogP contribution >= 0.6 is 0 Å². The summed E-state index contributed by atoms with van der Waals surface area (Å²) in [6.07, 6.45) is 0. The molecule has 0 saturated carbocycles. The van der Waals surface area contributed by atoms with E-state index in [0.29, 0.717) is 0 Å². The molecule has 210 valence electrons. The van der Waals surface area contributed by atoms with Crippen LogP contribution in [0.15, 0.2) is 176 Å². The minimum absolute atomic E-state index is 1.13. The van der Waals surface area contributed by atoms with Gasteiger partial charge in [-0.2, -0.15) is 0 Å². The Kier molecular flexibility index (Phi) is 5.89. The zero-order valence-electron chi connectivity index (χ0n) is 24.7. The third kappa shape index (κ3) is 4.24. The third-order valence-corrected chi connectivity index (χ3v) is 9.20. The molecule has 0 atom stereocenters. The third-order valence-electron chi connectivity index (χ3n) is 9.20. The molecule has 0 unspecified atom stereocenters. The van der Waals surface area contributed by atoms with Gasteiger partial charge in [0.1, 0.15) is 0 Å². The molecule has 0 aliphatic rings. The fraction of sp³-hybridized carbons (Fsp3) is 0. The summed E-state index contributed by atoms with van der Waals surface area (Å²) < 4.78 is 0. The Labute approximate surface area is 262 Å². The van der Waals surface area contributed by atoms with Crippen LogP contribution in [0.4, 0.5) is 17.1 Å². The van der Waals surface area contributed by atoms with Gasteiger partial charge in [-0.1, -0.05) is 140 Å². The SMILES string of the molecule is c1ccc2cc(-c3ccc(N(c4ccc5c6ccccc6c6ccccc6c5c4)c4cccc5ccccc45)cc3)ccc2c1. The second-order valence-corrected chi connectivity index (χ2v) is 11.8. The summed E-state index contributed by atoms with van der Waals surface area (Å²) in [5.41, 5.74) is 5.86. The Balaban J connectivity index is 1.26. The molecule has 0 spiro atoms. The first-order chi connectivity index (χ1) is 22.3. The molecule has 0 amide bonds. The van der Waals surface area contributed by atoms with Crippen LogP contribution < -0.4 is 4.90 Å². The first kappa shape index (κ1) is 25.6. The summed E-state index contributed by atoms with van der Waals surface area (Å²) in [7, 11) is 0.